The molecular formula is C28H24F3NO4S. The largest absolute Gasteiger partial charge is 0.423 e. The average molecular weight is 528 g/mol. The van der Waals surface area contributed by atoms with Crippen molar-refractivity contribution in [2.24, 2.45) is 0 Å². The van der Waals surface area contributed by atoms with Gasteiger partial charge >= 0.3 is 12.1 Å². The number of aromatic nitrogens is 1. The highest BCUT2D eigenvalue weighted by Gasteiger charge is 2.34. The van der Waals surface area contributed by atoms with Crippen LogP contribution in [0.1, 0.15) is 46.8 Å². The number of esters is 1. The standard InChI is InChI=1S/C28H24F3NO4S/c1-16(2)23-15-32-26-21(9-6-10-24(26)28(29,30)31)25(23)18-7-5-8-19(13-18)36-27(33)22-14-20(37(4,34)35)12-11-17(22)3/h5-16H,1-4H3. The van der Waals surface area contributed by atoms with E-state index >= 15 is 0 Å². The van der Waals surface area contributed by atoms with E-state index in [0.29, 0.717) is 22.1 Å². The number of carbonyl (C=O) groups is 1. The maximum atomic E-state index is 13.7. The van der Waals surface area contributed by atoms with Crippen LogP contribution in [0, 0.1) is 6.92 Å². The Bertz CT molecular complexity index is 1630. The fraction of sp³-hybridized carbons (Fsp3) is 0.214. The predicted molar refractivity (Wildman–Crippen MR) is 136 cm³/mol. The summed E-state index contributed by atoms with van der Waals surface area (Å²) in [6, 6.07) is 14.7. The smallest absolute Gasteiger partial charge is 0.418 e. The van der Waals surface area contributed by atoms with Gasteiger partial charge in [-0.2, -0.15) is 13.2 Å². The quantitative estimate of drug-likeness (QED) is 0.207. The van der Waals surface area contributed by atoms with Crippen LogP contribution in [0.2, 0.25) is 0 Å². The molecule has 1 aromatic heterocycles. The monoisotopic (exact) mass is 527 g/mol. The third kappa shape index (κ3) is 5.36. The molecule has 9 heteroatoms. The number of nitrogens with zero attached hydrogens (tertiary/aromatic N) is 1. The van der Waals surface area contributed by atoms with Crippen LogP contribution in [-0.2, 0) is 16.0 Å². The number of rotatable bonds is 5. The number of sulfone groups is 1. The second-order valence-electron chi connectivity index (χ2n) is 9.11. The second kappa shape index (κ2) is 9.63. The van der Waals surface area contributed by atoms with Gasteiger partial charge in [-0.25, -0.2) is 13.2 Å². The summed E-state index contributed by atoms with van der Waals surface area (Å²) >= 11 is 0. The summed E-state index contributed by atoms with van der Waals surface area (Å²) in [5.74, 6) is -0.629. The Morgan fingerprint density at radius 1 is 1.00 bits per heavy atom. The summed E-state index contributed by atoms with van der Waals surface area (Å²) in [7, 11) is -3.53. The number of fused-ring (bicyclic) bond motifs is 1. The van der Waals surface area contributed by atoms with Gasteiger partial charge in [-0.1, -0.05) is 44.2 Å². The average Bonchev–Trinajstić information content (AvgIpc) is 2.81. The summed E-state index contributed by atoms with van der Waals surface area (Å²) in [5, 5.41) is 0.334. The molecule has 0 radical (unpaired) electrons. The molecule has 0 saturated heterocycles. The third-order valence-electron chi connectivity index (χ3n) is 6.04. The van der Waals surface area contributed by atoms with Crippen molar-refractivity contribution in [2.75, 3.05) is 6.26 Å². The molecule has 192 valence electrons. The highest BCUT2D eigenvalue weighted by atomic mass is 32.2. The van der Waals surface area contributed by atoms with Crippen molar-refractivity contribution in [3.8, 4) is 16.9 Å². The normalized spacial score (nSPS) is 12.2. The Kier molecular flexibility index (Phi) is 6.85. The molecule has 0 N–H and O–H groups in total. The summed E-state index contributed by atoms with van der Waals surface area (Å²) in [6.07, 6.45) is -2.07. The van der Waals surface area contributed by atoms with E-state index in [1.807, 2.05) is 13.8 Å². The molecule has 0 atom stereocenters. The first-order valence-corrected chi connectivity index (χ1v) is 13.3. The van der Waals surface area contributed by atoms with E-state index in [4.69, 9.17) is 4.74 Å². The van der Waals surface area contributed by atoms with Gasteiger partial charge in [-0.15, -0.1) is 0 Å². The molecule has 0 unspecified atom stereocenters. The zero-order valence-electron chi connectivity index (χ0n) is 20.6. The molecule has 3 aromatic carbocycles. The minimum Gasteiger partial charge on any atom is -0.423 e. The number of para-hydroxylation sites is 1. The number of aryl methyl sites for hydroxylation is 1. The number of pyridine rings is 1. The highest BCUT2D eigenvalue weighted by molar-refractivity contribution is 7.90. The molecule has 0 amide bonds. The van der Waals surface area contributed by atoms with E-state index in [-0.39, 0.29) is 27.6 Å². The maximum absolute atomic E-state index is 13.7. The van der Waals surface area contributed by atoms with Crippen molar-refractivity contribution in [3.63, 3.8) is 0 Å². The number of halogens is 3. The van der Waals surface area contributed by atoms with Crippen LogP contribution in [0.3, 0.4) is 0 Å². The number of carbonyl (C=O) groups excluding carboxylic acids is 1. The SMILES string of the molecule is Cc1ccc(S(C)(=O)=O)cc1C(=O)Oc1cccc(-c2c(C(C)C)cnc3c(C(F)(F)F)cccc23)c1. The van der Waals surface area contributed by atoms with Crippen molar-refractivity contribution in [1.29, 1.82) is 0 Å². The molecule has 0 saturated carbocycles. The van der Waals surface area contributed by atoms with E-state index in [9.17, 15) is 26.4 Å². The molecular weight excluding hydrogens is 503 g/mol. The van der Waals surface area contributed by atoms with Gasteiger partial charge in [-0.05, 0) is 65.4 Å². The lowest BCUT2D eigenvalue weighted by Crippen LogP contribution is -2.12. The first-order valence-electron chi connectivity index (χ1n) is 11.4. The van der Waals surface area contributed by atoms with Crippen LogP contribution in [0.4, 0.5) is 13.2 Å². The number of alkyl halides is 3. The molecule has 0 aliphatic heterocycles. The molecule has 0 aliphatic rings. The molecule has 5 nitrogen and oxygen atoms in total. The Morgan fingerprint density at radius 3 is 2.35 bits per heavy atom. The minimum absolute atomic E-state index is 0.0101. The predicted octanol–water partition coefficient (Wildman–Crippen LogP) is 6.98. The van der Waals surface area contributed by atoms with E-state index < -0.39 is 27.5 Å². The van der Waals surface area contributed by atoms with Crippen LogP contribution in [0.5, 0.6) is 5.75 Å². The first kappa shape index (κ1) is 26.3. The topological polar surface area (TPSA) is 73.3 Å². The first-order chi connectivity index (χ1) is 17.3. The maximum Gasteiger partial charge on any atom is 0.418 e. The van der Waals surface area contributed by atoms with E-state index in [1.165, 1.54) is 30.5 Å². The molecule has 0 fully saturated rings. The lowest BCUT2D eigenvalue weighted by Gasteiger charge is -2.18. The van der Waals surface area contributed by atoms with Crippen molar-refractivity contribution < 1.29 is 31.1 Å². The van der Waals surface area contributed by atoms with Gasteiger partial charge in [0.25, 0.3) is 0 Å². The second-order valence-corrected chi connectivity index (χ2v) is 11.1. The molecule has 0 spiro atoms. The number of ether oxygens (including phenoxy) is 1. The van der Waals surface area contributed by atoms with Gasteiger partial charge in [0.05, 0.1) is 21.5 Å². The lowest BCUT2D eigenvalue weighted by molar-refractivity contribution is -0.136. The number of hydrogen-bond acceptors (Lipinski definition) is 5. The van der Waals surface area contributed by atoms with Gasteiger partial charge in [0.15, 0.2) is 9.84 Å². The van der Waals surface area contributed by atoms with Gasteiger partial charge in [0.2, 0.25) is 0 Å². The molecule has 1 heterocycles. The zero-order valence-corrected chi connectivity index (χ0v) is 21.4. The zero-order chi connectivity index (χ0) is 27.1. The fourth-order valence-electron chi connectivity index (χ4n) is 4.16. The molecule has 0 bridgehead atoms. The Labute approximate surface area is 212 Å². The van der Waals surface area contributed by atoms with Gasteiger partial charge in [-0.3, -0.25) is 4.98 Å². The minimum atomic E-state index is -4.57. The Hall–Kier alpha value is -3.72. The van der Waals surface area contributed by atoms with E-state index in [2.05, 4.69) is 4.98 Å². The van der Waals surface area contributed by atoms with Gasteiger partial charge in [0, 0.05) is 17.8 Å². The van der Waals surface area contributed by atoms with Crippen LogP contribution in [0.25, 0.3) is 22.0 Å². The summed E-state index contributed by atoms with van der Waals surface area (Å²) in [6.45, 7) is 5.50. The molecule has 37 heavy (non-hydrogen) atoms. The lowest BCUT2D eigenvalue weighted by atomic mass is 9.90. The Balaban J connectivity index is 1.81. The highest BCUT2D eigenvalue weighted by Crippen LogP contribution is 2.40. The fourth-order valence-corrected chi connectivity index (χ4v) is 4.80. The van der Waals surface area contributed by atoms with Crippen molar-refractivity contribution in [3.05, 3.63) is 89.1 Å². The molecule has 4 rings (SSSR count). The van der Waals surface area contributed by atoms with Crippen LogP contribution < -0.4 is 4.74 Å². The number of benzene rings is 3. The van der Waals surface area contributed by atoms with Gasteiger partial charge in [0.1, 0.15) is 5.75 Å². The van der Waals surface area contributed by atoms with Crippen molar-refractivity contribution in [2.45, 2.75) is 37.8 Å². The van der Waals surface area contributed by atoms with Crippen LogP contribution in [-0.4, -0.2) is 25.6 Å². The Morgan fingerprint density at radius 2 is 1.70 bits per heavy atom. The summed E-state index contributed by atoms with van der Waals surface area (Å²) in [5.41, 5.74) is 1.51. The molecule has 0 aliphatic carbocycles. The van der Waals surface area contributed by atoms with E-state index in [1.54, 1.807) is 37.3 Å². The summed E-state index contributed by atoms with van der Waals surface area (Å²) in [4.78, 5) is 17.1. The van der Waals surface area contributed by atoms with Crippen LogP contribution >= 0.6 is 0 Å². The van der Waals surface area contributed by atoms with Crippen LogP contribution in [0.15, 0.2) is 71.8 Å². The number of hydrogen-bond donors (Lipinski definition) is 0. The molecule has 4 aromatic rings. The van der Waals surface area contributed by atoms with Gasteiger partial charge < -0.3 is 4.74 Å². The van der Waals surface area contributed by atoms with E-state index in [0.717, 1.165) is 17.9 Å². The summed E-state index contributed by atoms with van der Waals surface area (Å²) < 4.78 is 70.5. The third-order valence-corrected chi connectivity index (χ3v) is 7.15. The van der Waals surface area contributed by atoms with Crippen molar-refractivity contribution in [1.82, 2.24) is 4.98 Å². The van der Waals surface area contributed by atoms with Crippen molar-refractivity contribution >= 4 is 26.7 Å².